The van der Waals surface area contributed by atoms with E-state index in [4.69, 9.17) is 0 Å². The van der Waals surface area contributed by atoms with Gasteiger partial charge in [-0.1, -0.05) is 44.9 Å². The molecule has 134 valence electrons. The molecule has 0 spiro atoms. The number of hydrogen-bond acceptors (Lipinski definition) is 2. The maximum absolute atomic E-state index is 2.89. The molecule has 3 rings (SSSR count). The first-order valence-electron chi connectivity index (χ1n) is 10.8. The fourth-order valence-corrected chi connectivity index (χ4v) is 5.19. The molecule has 0 aromatic heterocycles. The van der Waals surface area contributed by atoms with E-state index >= 15 is 0 Å². The first-order chi connectivity index (χ1) is 11.4. The lowest BCUT2D eigenvalue weighted by Gasteiger charge is -2.35. The second-order valence-electron chi connectivity index (χ2n) is 8.67. The molecule has 2 heteroatoms. The molecule has 3 fully saturated rings. The largest absolute Gasteiger partial charge is 0.302 e. The van der Waals surface area contributed by atoms with Crippen molar-refractivity contribution >= 4 is 0 Å². The van der Waals surface area contributed by atoms with Crippen molar-refractivity contribution in [2.24, 2.45) is 11.8 Å². The highest BCUT2D eigenvalue weighted by Gasteiger charge is 2.22. The molecule has 0 amide bonds. The van der Waals surface area contributed by atoms with Gasteiger partial charge in [-0.05, 0) is 63.5 Å². The van der Waals surface area contributed by atoms with Crippen LogP contribution in [0.25, 0.3) is 0 Å². The van der Waals surface area contributed by atoms with Gasteiger partial charge in [-0.2, -0.15) is 0 Å². The lowest BCUT2D eigenvalue weighted by Crippen LogP contribution is -2.42. The molecular formula is C21H40N2. The van der Waals surface area contributed by atoms with Gasteiger partial charge in [-0.15, -0.1) is 0 Å². The predicted octanol–water partition coefficient (Wildman–Crippen LogP) is 4.93. The number of piperidine rings is 1. The van der Waals surface area contributed by atoms with E-state index in [2.05, 4.69) is 9.80 Å². The third-order valence-electron chi connectivity index (χ3n) is 6.66. The molecule has 0 aromatic rings. The Bertz CT molecular complexity index is 279. The number of nitrogens with zero attached hydrogens (tertiary/aromatic N) is 2. The molecule has 1 aliphatic heterocycles. The van der Waals surface area contributed by atoms with Crippen LogP contribution in [-0.2, 0) is 0 Å². The van der Waals surface area contributed by atoms with Crippen molar-refractivity contribution in [3.63, 3.8) is 0 Å². The van der Waals surface area contributed by atoms with Crippen LogP contribution < -0.4 is 0 Å². The maximum Gasteiger partial charge on any atom is 0.0110 e. The molecule has 0 aromatic carbocycles. The monoisotopic (exact) mass is 320 g/mol. The molecule has 2 nitrogen and oxygen atoms in total. The highest BCUT2D eigenvalue weighted by molar-refractivity contribution is 4.76. The second kappa shape index (κ2) is 10.0. The third-order valence-corrected chi connectivity index (χ3v) is 6.66. The summed E-state index contributed by atoms with van der Waals surface area (Å²) in [6, 6.07) is 0. The highest BCUT2D eigenvalue weighted by atomic mass is 15.2. The lowest BCUT2D eigenvalue weighted by molar-refractivity contribution is 0.131. The Hall–Kier alpha value is -0.0800. The van der Waals surface area contributed by atoms with Crippen molar-refractivity contribution in [3.8, 4) is 0 Å². The number of hydrogen-bond donors (Lipinski definition) is 0. The summed E-state index contributed by atoms with van der Waals surface area (Å²) < 4.78 is 0. The van der Waals surface area contributed by atoms with Crippen LogP contribution >= 0.6 is 0 Å². The zero-order valence-corrected chi connectivity index (χ0v) is 15.5. The SMILES string of the molecule is C1CCC(CN(CCN2CCCCC2)CC2CCCCC2)CC1. The Labute approximate surface area is 145 Å². The Morgan fingerprint density at radius 3 is 1.61 bits per heavy atom. The van der Waals surface area contributed by atoms with Gasteiger partial charge in [0.25, 0.3) is 0 Å². The minimum atomic E-state index is 1.01. The van der Waals surface area contributed by atoms with Gasteiger partial charge in [0, 0.05) is 26.2 Å². The fraction of sp³-hybridized carbons (Fsp3) is 1.00. The van der Waals surface area contributed by atoms with Gasteiger partial charge in [0.1, 0.15) is 0 Å². The Balaban J connectivity index is 1.46. The summed E-state index contributed by atoms with van der Waals surface area (Å²) >= 11 is 0. The summed E-state index contributed by atoms with van der Waals surface area (Å²) in [5.41, 5.74) is 0. The highest BCUT2D eigenvalue weighted by Crippen LogP contribution is 2.27. The van der Waals surface area contributed by atoms with Gasteiger partial charge in [0.2, 0.25) is 0 Å². The summed E-state index contributed by atoms with van der Waals surface area (Å²) in [6.45, 7) is 8.21. The first-order valence-corrected chi connectivity index (χ1v) is 10.8. The van der Waals surface area contributed by atoms with Crippen molar-refractivity contribution in [2.45, 2.75) is 83.5 Å². The Kier molecular flexibility index (Phi) is 7.74. The first kappa shape index (κ1) is 17.7. The van der Waals surface area contributed by atoms with Crippen LogP contribution in [0.5, 0.6) is 0 Å². The zero-order valence-electron chi connectivity index (χ0n) is 15.5. The van der Waals surface area contributed by atoms with Crippen molar-refractivity contribution in [3.05, 3.63) is 0 Å². The van der Waals surface area contributed by atoms with E-state index < -0.39 is 0 Å². The molecule has 0 radical (unpaired) electrons. The van der Waals surface area contributed by atoms with Gasteiger partial charge >= 0.3 is 0 Å². The Morgan fingerprint density at radius 1 is 0.609 bits per heavy atom. The molecule has 23 heavy (non-hydrogen) atoms. The zero-order chi connectivity index (χ0) is 15.7. The van der Waals surface area contributed by atoms with Crippen LogP contribution in [-0.4, -0.2) is 49.1 Å². The molecule has 1 saturated heterocycles. The van der Waals surface area contributed by atoms with Crippen LogP contribution in [0.3, 0.4) is 0 Å². The van der Waals surface area contributed by atoms with E-state index in [-0.39, 0.29) is 0 Å². The van der Waals surface area contributed by atoms with Crippen molar-refractivity contribution in [1.29, 1.82) is 0 Å². The van der Waals surface area contributed by atoms with Crippen LogP contribution in [0.15, 0.2) is 0 Å². The maximum atomic E-state index is 2.89. The van der Waals surface area contributed by atoms with Gasteiger partial charge < -0.3 is 9.80 Å². The quantitative estimate of drug-likeness (QED) is 0.656. The molecule has 2 aliphatic carbocycles. The van der Waals surface area contributed by atoms with E-state index in [0.717, 1.165) is 11.8 Å². The number of rotatable bonds is 7. The molecular weight excluding hydrogens is 280 g/mol. The molecule has 0 N–H and O–H groups in total. The molecule has 2 saturated carbocycles. The lowest BCUT2D eigenvalue weighted by atomic mass is 9.87. The van der Waals surface area contributed by atoms with E-state index in [1.165, 1.54) is 123 Å². The van der Waals surface area contributed by atoms with Gasteiger partial charge in [-0.25, -0.2) is 0 Å². The standard InChI is InChI=1S/C21H40N2/c1-4-10-20(11-5-1)18-23(19-21-12-6-2-7-13-21)17-16-22-14-8-3-9-15-22/h20-21H,1-19H2. The summed E-state index contributed by atoms with van der Waals surface area (Å²) in [5, 5.41) is 0. The summed E-state index contributed by atoms with van der Waals surface area (Å²) in [4.78, 5) is 5.62. The van der Waals surface area contributed by atoms with Crippen LogP contribution in [0.1, 0.15) is 83.5 Å². The van der Waals surface area contributed by atoms with Crippen molar-refractivity contribution < 1.29 is 0 Å². The Morgan fingerprint density at radius 2 is 1.09 bits per heavy atom. The summed E-state index contributed by atoms with van der Waals surface area (Å²) in [7, 11) is 0. The molecule has 0 atom stereocenters. The van der Waals surface area contributed by atoms with E-state index in [0.29, 0.717) is 0 Å². The average Bonchev–Trinajstić information content (AvgIpc) is 2.62. The molecule has 3 aliphatic rings. The van der Waals surface area contributed by atoms with Crippen LogP contribution in [0, 0.1) is 11.8 Å². The molecule has 0 bridgehead atoms. The van der Waals surface area contributed by atoms with Gasteiger partial charge in [0.15, 0.2) is 0 Å². The van der Waals surface area contributed by atoms with Crippen molar-refractivity contribution in [1.82, 2.24) is 9.80 Å². The minimum Gasteiger partial charge on any atom is -0.302 e. The predicted molar refractivity (Wildman–Crippen MR) is 99.9 cm³/mol. The normalized spacial score (nSPS) is 26.0. The molecule has 1 heterocycles. The number of likely N-dealkylation sites (tertiary alicyclic amines) is 1. The summed E-state index contributed by atoms with van der Waals surface area (Å²) in [5.74, 6) is 2.02. The fourth-order valence-electron chi connectivity index (χ4n) is 5.19. The van der Waals surface area contributed by atoms with Crippen molar-refractivity contribution in [2.75, 3.05) is 39.3 Å². The summed E-state index contributed by atoms with van der Waals surface area (Å²) in [6.07, 6.45) is 19.3. The van der Waals surface area contributed by atoms with Crippen LogP contribution in [0.2, 0.25) is 0 Å². The van der Waals surface area contributed by atoms with E-state index in [9.17, 15) is 0 Å². The van der Waals surface area contributed by atoms with E-state index in [1.54, 1.807) is 0 Å². The van der Waals surface area contributed by atoms with Gasteiger partial charge in [-0.3, -0.25) is 0 Å². The third kappa shape index (κ3) is 6.38. The van der Waals surface area contributed by atoms with Crippen LogP contribution in [0.4, 0.5) is 0 Å². The minimum absolute atomic E-state index is 1.01. The topological polar surface area (TPSA) is 6.48 Å². The molecule has 0 unspecified atom stereocenters. The average molecular weight is 321 g/mol. The smallest absolute Gasteiger partial charge is 0.0110 e. The second-order valence-corrected chi connectivity index (χ2v) is 8.67. The van der Waals surface area contributed by atoms with E-state index in [1.807, 2.05) is 0 Å². The van der Waals surface area contributed by atoms with Gasteiger partial charge in [0.05, 0.1) is 0 Å².